The van der Waals surface area contributed by atoms with Crippen molar-refractivity contribution in [2.45, 2.75) is 0 Å². The van der Waals surface area contributed by atoms with E-state index < -0.39 is 0 Å². The topological polar surface area (TPSA) is 23.8 Å². The summed E-state index contributed by atoms with van der Waals surface area (Å²) < 4.78 is 0. The molecule has 0 atom stereocenters. The van der Waals surface area contributed by atoms with Crippen LogP contribution in [0.4, 0.5) is 0 Å². The molecule has 0 saturated heterocycles. The number of nitrogens with zero attached hydrogens (tertiary/aromatic N) is 1. The Kier molecular flexibility index (Phi) is 4.98. The molecule has 0 N–H and O–H groups in total. The molecule has 1 nitrogen and oxygen atoms in total. The summed E-state index contributed by atoms with van der Waals surface area (Å²) in [4.78, 5) is 0. The molecule has 0 saturated carbocycles. The molecule has 0 spiro atoms. The van der Waals surface area contributed by atoms with Gasteiger partial charge in [0.25, 0.3) is 0 Å². The highest BCUT2D eigenvalue weighted by Crippen LogP contribution is 2.03. The fraction of sp³-hybridized carbons (Fsp3) is 0. The monoisotopic (exact) mass is 231 g/mol. The van der Waals surface area contributed by atoms with Crippen LogP contribution >= 0.6 is 0 Å². The van der Waals surface area contributed by atoms with E-state index in [0.717, 1.165) is 11.1 Å². The maximum atomic E-state index is 8.67. The van der Waals surface area contributed by atoms with E-state index >= 15 is 0 Å². The number of rotatable bonds is 3. The quantitative estimate of drug-likeness (QED) is 0.574. The van der Waals surface area contributed by atoms with Gasteiger partial charge in [-0.25, -0.2) is 0 Å². The summed E-state index contributed by atoms with van der Waals surface area (Å²) in [6, 6.07) is 9.16. The highest BCUT2D eigenvalue weighted by atomic mass is 14.2. The molecule has 0 aliphatic heterocycles. The van der Waals surface area contributed by atoms with Crippen LogP contribution in [-0.4, -0.2) is 0 Å². The zero-order chi connectivity index (χ0) is 13.4. The second-order valence-corrected chi connectivity index (χ2v) is 3.58. The third-order valence-corrected chi connectivity index (χ3v) is 2.14. The average Bonchev–Trinajstić information content (AvgIpc) is 2.42. The summed E-state index contributed by atoms with van der Waals surface area (Å²) >= 11 is 0. The van der Waals surface area contributed by atoms with Crippen molar-refractivity contribution in [1.82, 2.24) is 0 Å². The van der Waals surface area contributed by atoms with Crippen molar-refractivity contribution in [2.24, 2.45) is 0 Å². The van der Waals surface area contributed by atoms with Crippen LogP contribution in [0, 0.1) is 23.2 Å². The molecule has 0 bridgehead atoms. The molecule has 0 aliphatic carbocycles. The number of nitriles is 1. The molecule has 0 fully saturated rings. The zero-order valence-electron chi connectivity index (χ0n) is 10.1. The Morgan fingerprint density at radius 2 is 1.67 bits per heavy atom. The minimum atomic E-state index is 0.626. The largest absolute Gasteiger partial charge is 0.192 e. The maximum Gasteiger partial charge on any atom is 0.0991 e. The van der Waals surface area contributed by atoms with Gasteiger partial charge in [0.2, 0.25) is 0 Å². The Hall–Kier alpha value is -2.77. The van der Waals surface area contributed by atoms with Crippen LogP contribution in [0.2, 0.25) is 0 Å². The van der Waals surface area contributed by atoms with Gasteiger partial charge in [-0.15, -0.1) is 0 Å². The first-order chi connectivity index (χ1) is 8.65. The van der Waals surface area contributed by atoms with Crippen LogP contribution in [0.15, 0.2) is 73.4 Å². The molecule has 18 heavy (non-hydrogen) atoms. The van der Waals surface area contributed by atoms with Gasteiger partial charge in [0, 0.05) is 11.1 Å². The molecule has 0 radical (unpaired) electrons. The molecule has 0 aromatic heterocycles. The minimum absolute atomic E-state index is 0.626. The van der Waals surface area contributed by atoms with Gasteiger partial charge in [-0.3, -0.25) is 0 Å². The number of allylic oxidation sites excluding steroid dienone is 5. The van der Waals surface area contributed by atoms with Gasteiger partial charge >= 0.3 is 0 Å². The molecule has 0 unspecified atom stereocenters. The van der Waals surface area contributed by atoms with Gasteiger partial charge in [-0.05, 0) is 35.9 Å². The third-order valence-electron chi connectivity index (χ3n) is 2.14. The van der Waals surface area contributed by atoms with Crippen molar-refractivity contribution in [1.29, 1.82) is 5.26 Å². The van der Waals surface area contributed by atoms with Gasteiger partial charge in [0.05, 0.1) is 11.6 Å². The maximum absolute atomic E-state index is 8.67. The van der Waals surface area contributed by atoms with E-state index in [-0.39, 0.29) is 0 Å². The first kappa shape index (κ1) is 13.3. The van der Waals surface area contributed by atoms with Crippen LogP contribution in [0.5, 0.6) is 0 Å². The molecule has 1 aromatic rings. The highest BCUT2D eigenvalue weighted by Gasteiger charge is 1.89. The lowest BCUT2D eigenvalue weighted by Crippen LogP contribution is -1.77. The highest BCUT2D eigenvalue weighted by molar-refractivity contribution is 5.46. The van der Waals surface area contributed by atoms with Gasteiger partial charge in [0.1, 0.15) is 0 Å². The third kappa shape index (κ3) is 4.39. The van der Waals surface area contributed by atoms with Gasteiger partial charge in [-0.1, -0.05) is 43.7 Å². The summed E-state index contributed by atoms with van der Waals surface area (Å²) in [5.74, 6) is 5.90. The summed E-state index contributed by atoms with van der Waals surface area (Å²) in [6.07, 6.45) is 5.27. The van der Waals surface area contributed by atoms with Crippen molar-refractivity contribution < 1.29 is 0 Å². The molecular weight excluding hydrogens is 218 g/mol. The predicted molar refractivity (Wildman–Crippen MR) is 75.7 cm³/mol. The molecule has 1 aromatic carbocycles. The molecule has 86 valence electrons. The van der Waals surface area contributed by atoms with E-state index in [1.165, 1.54) is 0 Å². The van der Waals surface area contributed by atoms with E-state index in [1.807, 2.05) is 18.2 Å². The molecule has 1 rings (SSSR count). The van der Waals surface area contributed by atoms with Crippen LogP contribution in [-0.2, 0) is 0 Å². The summed E-state index contributed by atoms with van der Waals surface area (Å²) in [5.41, 5.74) is 2.99. The lowest BCUT2D eigenvalue weighted by atomic mass is 10.1. The number of benzene rings is 1. The SMILES string of the molecule is C=CC(=C)/C=C\C(=C)C#Cc1ccc(C#N)cc1. The summed E-state index contributed by atoms with van der Waals surface area (Å²) in [5, 5.41) is 8.67. The fourth-order valence-corrected chi connectivity index (χ4v) is 1.10. The first-order valence-electron chi connectivity index (χ1n) is 5.36. The van der Waals surface area contributed by atoms with Crippen LogP contribution in [0.1, 0.15) is 11.1 Å². The first-order valence-corrected chi connectivity index (χ1v) is 5.36. The fourth-order valence-electron chi connectivity index (χ4n) is 1.10. The second kappa shape index (κ2) is 6.74. The Labute approximate surface area is 108 Å². The van der Waals surface area contributed by atoms with Crippen molar-refractivity contribution in [2.75, 3.05) is 0 Å². The van der Waals surface area contributed by atoms with Crippen LogP contribution < -0.4 is 0 Å². The van der Waals surface area contributed by atoms with Crippen LogP contribution in [0.25, 0.3) is 0 Å². The summed E-state index contributed by atoms with van der Waals surface area (Å²) in [6.45, 7) is 11.2. The van der Waals surface area contributed by atoms with Crippen molar-refractivity contribution in [3.63, 3.8) is 0 Å². The van der Waals surface area contributed by atoms with E-state index in [2.05, 4.69) is 37.6 Å². The lowest BCUT2D eigenvalue weighted by Gasteiger charge is -1.90. The van der Waals surface area contributed by atoms with Gasteiger partial charge < -0.3 is 0 Å². The predicted octanol–water partition coefficient (Wildman–Crippen LogP) is 3.76. The zero-order valence-corrected chi connectivity index (χ0v) is 10.1. The molecule has 1 heteroatoms. The van der Waals surface area contributed by atoms with E-state index in [1.54, 1.807) is 24.3 Å². The smallest absolute Gasteiger partial charge is 0.0991 e. The molecule has 0 amide bonds. The van der Waals surface area contributed by atoms with Crippen molar-refractivity contribution in [3.05, 3.63) is 84.5 Å². The Bertz CT molecular complexity index is 596. The molecule has 0 aliphatic rings. The molecular formula is C17H13N. The summed E-state index contributed by atoms with van der Waals surface area (Å²) in [7, 11) is 0. The van der Waals surface area contributed by atoms with Gasteiger partial charge in [-0.2, -0.15) is 5.26 Å². The van der Waals surface area contributed by atoms with Crippen LogP contribution in [0.3, 0.4) is 0 Å². The van der Waals surface area contributed by atoms with E-state index in [4.69, 9.17) is 5.26 Å². The Morgan fingerprint density at radius 3 is 2.22 bits per heavy atom. The Balaban J connectivity index is 2.73. The van der Waals surface area contributed by atoms with Crippen molar-refractivity contribution in [3.8, 4) is 17.9 Å². The number of hydrogen-bond donors (Lipinski definition) is 0. The van der Waals surface area contributed by atoms with Crippen molar-refractivity contribution >= 4 is 0 Å². The normalized spacial score (nSPS) is 9.06. The molecule has 0 heterocycles. The average molecular weight is 231 g/mol. The second-order valence-electron chi connectivity index (χ2n) is 3.58. The standard InChI is InChI=1S/C17H13N/c1-4-14(2)5-6-15(3)7-8-16-9-11-17(13-18)12-10-16/h4-6,9-12H,1-3H2/b6-5-. The minimum Gasteiger partial charge on any atom is -0.192 e. The van der Waals surface area contributed by atoms with Gasteiger partial charge in [0.15, 0.2) is 0 Å². The lowest BCUT2D eigenvalue weighted by molar-refractivity contribution is 1.48. The van der Waals surface area contributed by atoms with E-state index in [9.17, 15) is 0 Å². The van der Waals surface area contributed by atoms with E-state index in [0.29, 0.717) is 11.1 Å². The number of hydrogen-bond acceptors (Lipinski definition) is 1. The Morgan fingerprint density at radius 1 is 1.06 bits per heavy atom.